The van der Waals surface area contributed by atoms with Crippen molar-refractivity contribution in [2.75, 3.05) is 12.4 Å². The quantitative estimate of drug-likeness (QED) is 0.786. The van der Waals surface area contributed by atoms with E-state index >= 15 is 0 Å². The van der Waals surface area contributed by atoms with Crippen LogP contribution in [0.25, 0.3) is 0 Å². The summed E-state index contributed by atoms with van der Waals surface area (Å²) in [6, 6.07) is 6.40. The molecule has 1 aliphatic carbocycles. The van der Waals surface area contributed by atoms with Crippen molar-refractivity contribution in [3.8, 4) is 0 Å². The zero-order chi connectivity index (χ0) is 15.5. The Morgan fingerprint density at radius 3 is 2.52 bits per heavy atom. The molecule has 0 aliphatic heterocycles. The highest BCUT2D eigenvalue weighted by Gasteiger charge is 2.34. The number of rotatable bonds is 7. The molecule has 0 heterocycles. The van der Waals surface area contributed by atoms with Gasteiger partial charge < -0.3 is 5.32 Å². The molecule has 1 saturated carbocycles. The van der Waals surface area contributed by atoms with Crippen LogP contribution in [0.1, 0.15) is 25.7 Å². The van der Waals surface area contributed by atoms with Crippen molar-refractivity contribution >= 4 is 21.6 Å². The minimum Gasteiger partial charge on any atom is -0.326 e. The minimum atomic E-state index is -3.43. The maximum absolute atomic E-state index is 12.3. The van der Waals surface area contributed by atoms with Crippen LogP contribution >= 0.6 is 0 Å². The summed E-state index contributed by atoms with van der Waals surface area (Å²) >= 11 is 0. The van der Waals surface area contributed by atoms with E-state index in [1.54, 1.807) is 25.3 Å². The van der Waals surface area contributed by atoms with E-state index in [1.807, 2.05) is 0 Å². The van der Waals surface area contributed by atoms with E-state index in [-0.39, 0.29) is 16.8 Å². The Hall–Kier alpha value is -1.66. The Morgan fingerprint density at radius 1 is 1.38 bits per heavy atom. The van der Waals surface area contributed by atoms with Gasteiger partial charge >= 0.3 is 0 Å². The lowest BCUT2D eigenvalue weighted by Crippen LogP contribution is -2.28. The van der Waals surface area contributed by atoms with E-state index in [9.17, 15) is 13.2 Å². The molecule has 0 aromatic heterocycles. The zero-order valence-corrected chi connectivity index (χ0v) is 12.9. The van der Waals surface area contributed by atoms with Crippen LogP contribution in [0.5, 0.6) is 0 Å². The van der Waals surface area contributed by atoms with E-state index in [0.717, 1.165) is 12.8 Å². The van der Waals surface area contributed by atoms with Crippen LogP contribution in [0.3, 0.4) is 0 Å². The van der Waals surface area contributed by atoms with Gasteiger partial charge in [-0.15, -0.1) is 6.58 Å². The summed E-state index contributed by atoms with van der Waals surface area (Å²) in [6.07, 6.45) is 4.52. The summed E-state index contributed by atoms with van der Waals surface area (Å²) in [5.74, 6) is -0.111. The molecule has 0 bridgehead atoms. The zero-order valence-electron chi connectivity index (χ0n) is 12.1. The summed E-state index contributed by atoms with van der Waals surface area (Å²) in [5, 5.41) is 2.72. The van der Waals surface area contributed by atoms with Gasteiger partial charge in [0.1, 0.15) is 0 Å². The summed E-state index contributed by atoms with van der Waals surface area (Å²) in [5.41, 5.74) is 0.595. The van der Waals surface area contributed by atoms with Gasteiger partial charge in [-0.1, -0.05) is 6.08 Å². The third-order valence-corrected chi connectivity index (χ3v) is 5.38. The summed E-state index contributed by atoms with van der Waals surface area (Å²) < 4.78 is 26.1. The lowest BCUT2D eigenvalue weighted by atomic mass is 10.2. The molecule has 0 spiro atoms. The van der Waals surface area contributed by atoms with Crippen molar-refractivity contribution < 1.29 is 13.2 Å². The second-order valence-electron chi connectivity index (χ2n) is 5.15. The summed E-state index contributed by atoms with van der Waals surface area (Å²) in [6.45, 7) is 3.56. The number of nitrogens with one attached hydrogen (secondary N) is 1. The second-order valence-corrected chi connectivity index (χ2v) is 7.15. The van der Waals surface area contributed by atoms with Crippen molar-refractivity contribution in [1.29, 1.82) is 0 Å². The molecular formula is C15H20N2O3S. The predicted octanol–water partition coefficient (Wildman–Crippen LogP) is 2.37. The lowest BCUT2D eigenvalue weighted by molar-refractivity contribution is -0.116. The molecule has 1 aromatic rings. The molecule has 0 unspecified atom stereocenters. The summed E-state index contributed by atoms with van der Waals surface area (Å²) in [7, 11) is -1.82. The first-order chi connectivity index (χ1) is 9.95. The van der Waals surface area contributed by atoms with Crippen LogP contribution in [0.4, 0.5) is 5.69 Å². The van der Waals surface area contributed by atoms with Crippen LogP contribution in [-0.2, 0) is 14.8 Å². The molecule has 5 nitrogen and oxygen atoms in total. The summed E-state index contributed by atoms with van der Waals surface area (Å²) in [4.78, 5) is 11.8. The normalized spacial score (nSPS) is 15.0. The maximum atomic E-state index is 12.3. The van der Waals surface area contributed by atoms with Crippen LogP contribution in [-0.4, -0.2) is 31.7 Å². The van der Waals surface area contributed by atoms with Gasteiger partial charge in [0.25, 0.3) is 0 Å². The first-order valence-electron chi connectivity index (χ1n) is 6.94. The molecule has 1 fully saturated rings. The van der Waals surface area contributed by atoms with Crippen LogP contribution in [0.15, 0.2) is 41.8 Å². The molecule has 1 N–H and O–H groups in total. The molecule has 2 rings (SSSR count). The van der Waals surface area contributed by atoms with Gasteiger partial charge in [-0.2, -0.15) is 4.31 Å². The number of benzene rings is 1. The molecule has 0 atom stereocenters. The largest absolute Gasteiger partial charge is 0.326 e. The van der Waals surface area contributed by atoms with Crippen LogP contribution < -0.4 is 5.32 Å². The molecule has 114 valence electrons. The molecule has 1 aliphatic rings. The van der Waals surface area contributed by atoms with Crippen LogP contribution in [0, 0.1) is 0 Å². The highest BCUT2D eigenvalue weighted by atomic mass is 32.2. The second kappa shape index (κ2) is 6.41. The highest BCUT2D eigenvalue weighted by molar-refractivity contribution is 7.89. The number of sulfonamides is 1. The van der Waals surface area contributed by atoms with Gasteiger partial charge in [0.15, 0.2) is 0 Å². The van der Waals surface area contributed by atoms with Crippen LogP contribution in [0.2, 0.25) is 0 Å². The van der Waals surface area contributed by atoms with Gasteiger partial charge in [0.05, 0.1) is 4.90 Å². The number of hydrogen-bond acceptors (Lipinski definition) is 3. The fourth-order valence-electron chi connectivity index (χ4n) is 1.97. The van der Waals surface area contributed by atoms with Crippen molar-refractivity contribution in [1.82, 2.24) is 4.31 Å². The lowest BCUT2D eigenvalue weighted by Gasteiger charge is -2.16. The molecule has 6 heteroatoms. The van der Waals surface area contributed by atoms with E-state index in [4.69, 9.17) is 0 Å². The third-order valence-electron chi connectivity index (χ3n) is 3.45. The fourth-order valence-corrected chi connectivity index (χ4v) is 3.38. The average molecular weight is 308 g/mol. The Balaban J connectivity index is 2.04. The number of carbonyl (C=O) groups is 1. The van der Waals surface area contributed by atoms with Crippen molar-refractivity contribution in [2.24, 2.45) is 0 Å². The number of amides is 1. The molecule has 1 amide bonds. The molecule has 0 radical (unpaired) electrons. The first-order valence-corrected chi connectivity index (χ1v) is 8.38. The van der Waals surface area contributed by atoms with E-state index in [0.29, 0.717) is 18.5 Å². The topological polar surface area (TPSA) is 66.5 Å². The molecular weight excluding hydrogens is 288 g/mol. The standard InChI is InChI=1S/C15H20N2O3S/c1-3-4-5-15(18)16-12-6-10-14(11-7-12)21(19,20)17(2)13-8-9-13/h3,6-7,10-11,13H,1,4-5,8-9H2,2H3,(H,16,18). The smallest absolute Gasteiger partial charge is 0.243 e. The predicted molar refractivity (Wildman–Crippen MR) is 82.5 cm³/mol. The molecule has 1 aromatic carbocycles. The van der Waals surface area contributed by atoms with Crippen molar-refractivity contribution in [2.45, 2.75) is 36.6 Å². The van der Waals surface area contributed by atoms with E-state index < -0.39 is 10.0 Å². The Morgan fingerprint density at radius 2 is 2.00 bits per heavy atom. The number of carbonyl (C=O) groups excluding carboxylic acids is 1. The SMILES string of the molecule is C=CCCC(=O)Nc1ccc(S(=O)(=O)N(C)C2CC2)cc1. The number of nitrogens with zero attached hydrogens (tertiary/aromatic N) is 1. The number of anilines is 1. The van der Waals surface area contributed by atoms with Gasteiger partial charge in [-0.25, -0.2) is 8.42 Å². The van der Waals surface area contributed by atoms with E-state index in [1.165, 1.54) is 16.4 Å². The van der Waals surface area contributed by atoms with Gasteiger partial charge in [0.2, 0.25) is 15.9 Å². The van der Waals surface area contributed by atoms with Gasteiger partial charge in [-0.3, -0.25) is 4.79 Å². The third kappa shape index (κ3) is 3.92. The average Bonchev–Trinajstić information content (AvgIpc) is 3.29. The Kier molecular flexibility index (Phi) is 4.80. The highest BCUT2D eigenvalue weighted by Crippen LogP contribution is 2.30. The Labute approximate surface area is 125 Å². The van der Waals surface area contributed by atoms with Gasteiger partial charge in [0, 0.05) is 25.2 Å². The maximum Gasteiger partial charge on any atom is 0.243 e. The minimum absolute atomic E-state index is 0.111. The Bertz CT molecular complexity index is 619. The number of allylic oxidation sites excluding steroid dienone is 1. The monoisotopic (exact) mass is 308 g/mol. The number of hydrogen-bond donors (Lipinski definition) is 1. The fraction of sp³-hybridized carbons (Fsp3) is 0.400. The van der Waals surface area contributed by atoms with Crippen molar-refractivity contribution in [3.63, 3.8) is 0 Å². The molecule has 0 saturated heterocycles. The van der Waals surface area contributed by atoms with Gasteiger partial charge in [-0.05, 0) is 43.5 Å². The van der Waals surface area contributed by atoms with Crippen molar-refractivity contribution in [3.05, 3.63) is 36.9 Å². The first kappa shape index (κ1) is 15.7. The van der Waals surface area contributed by atoms with E-state index in [2.05, 4.69) is 11.9 Å². The molecule has 21 heavy (non-hydrogen) atoms.